The van der Waals surface area contributed by atoms with Crippen LogP contribution in [0.2, 0.25) is 0 Å². The van der Waals surface area contributed by atoms with Gasteiger partial charge in [0.2, 0.25) is 0 Å². The lowest BCUT2D eigenvalue weighted by Gasteiger charge is -2.25. The van der Waals surface area contributed by atoms with Crippen molar-refractivity contribution in [3.63, 3.8) is 0 Å². The summed E-state index contributed by atoms with van der Waals surface area (Å²) in [5.74, 6) is 1.92. The fourth-order valence-electron chi connectivity index (χ4n) is 9.96. The largest absolute Gasteiger partial charge is 0.311 e. The first-order chi connectivity index (χ1) is 32.7. The Labute approximate surface area is 381 Å². The molecule has 5 heteroatoms. The first-order valence-corrected chi connectivity index (χ1v) is 22.4. The van der Waals surface area contributed by atoms with Gasteiger partial charge in [0.05, 0.1) is 11.0 Å². The molecule has 0 bridgehead atoms. The first-order valence-electron chi connectivity index (χ1n) is 22.4. The Morgan fingerprint density at radius 3 is 1.41 bits per heavy atom. The Kier molecular flexibility index (Phi) is 8.78. The van der Waals surface area contributed by atoms with Crippen molar-refractivity contribution in [1.29, 1.82) is 0 Å². The smallest absolute Gasteiger partial charge is 0.164 e. The van der Waals surface area contributed by atoms with Gasteiger partial charge in [-0.05, 0) is 116 Å². The molecule has 0 atom stereocenters. The van der Waals surface area contributed by atoms with E-state index in [9.17, 15) is 0 Å². The number of hydrogen-bond acceptors (Lipinski definition) is 4. The van der Waals surface area contributed by atoms with Crippen LogP contribution in [-0.4, -0.2) is 19.5 Å². The van der Waals surface area contributed by atoms with Crippen molar-refractivity contribution in [1.82, 2.24) is 19.5 Å². The zero-order chi connectivity index (χ0) is 43.6. The third kappa shape index (κ3) is 6.21. The van der Waals surface area contributed by atoms with E-state index >= 15 is 0 Å². The molecule has 0 radical (unpaired) electrons. The average molecular weight is 842 g/mol. The number of anilines is 3. The molecule has 0 amide bonds. The van der Waals surface area contributed by atoms with Crippen LogP contribution in [0.15, 0.2) is 237 Å². The van der Waals surface area contributed by atoms with E-state index in [1.165, 1.54) is 48.8 Å². The maximum atomic E-state index is 5.13. The van der Waals surface area contributed by atoms with Crippen LogP contribution in [0.3, 0.4) is 0 Å². The van der Waals surface area contributed by atoms with Gasteiger partial charge in [-0.1, -0.05) is 164 Å². The van der Waals surface area contributed by atoms with E-state index in [0.717, 1.165) is 55.9 Å². The van der Waals surface area contributed by atoms with Gasteiger partial charge in [-0.15, -0.1) is 0 Å². The van der Waals surface area contributed by atoms with Gasteiger partial charge in [-0.2, -0.15) is 0 Å². The summed E-state index contributed by atoms with van der Waals surface area (Å²) in [7, 11) is 0. The van der Waals surface area contributed by atoms with Crippen molar-refractivity contribution in [2.75, 3.05) is 4.90 Å². The first kappa shape index (κ1) is 37.6. The number of para-hydroxylation sites is 3. The minimum atomic E-state index is 0.634. The second-order valence-corrected chi connectivity index (χ2v) is 16.8. The molecule has 0 fully saturated rings. The third-order valence-corrected chi connectivity index (χ3v) is 12.9. The number of benzene rings is 11. The Morgan fingerprint density at radius 1 is 0.303 bits per heavy atom. The van der Waals surface area contributed by atoms with E-state index in [1.54, 1.807) is 0 Å². The highest BCUT2D eigenvalue weighted by atomic mass is 15.1. The second kappa shape index (κ2) is 15.4. The summed E-state index contributed by atoms with van der Waals surface area (Å²) in [6.07, 6.45) is 0. The number of hydrogen-bond donors (Lipinski definition) is 0. The summed E-state index contributed by atoms with van der Waals surface area (Å²) in [6, 6.07) is 84.1. The standard InChI is InChI=1S/C61H39N5/c1-6-16-42(17-7-1)59-62-60(43-18-8-2-9-19-43)64-61(63-59)45-31-37-54-53(38-45)58-52-36-29-41-28-34-50(51-35-30-44(57(52)56(41)51)39-55(58)66(54)48-24-14-5-15-25-48)40-26-32-49(33-27-40)65(46-20-10-3-11-21-46)47-22-12-4-13-23-47/h1-39H. The second-order valence-electron chi connectivity index (χ2n) is 16.8. The van der Waals surface area contributed by atoms with Crippen molar-refractivity contribution in [3.05, 3.63) is 237 Å². The fourth-order valence-corrected chi connectivity index (χ4v) is 9.96. The van der Waals surface area contributed by atoms with Crippen LogP contribution in [0.25, 0.3) is 105 Å². The third-order valence-electron chi connectivity index (χ3n) is 12.9. The molecule has 308 valence electrons. The highest BCUT2D eigenvalue weighted by Gasteiger charge is 2.22. The van der Waals surface area contributed by atoms with Gasteiger partial charge in [0.15, 0.2) is 17.5 Å². The van der Waals surface area contributed by atoms with E-state index in [2.05, 4.69) is 210 Å². The summed E-state index contributed by atoms with van der Waals surface area (Å²) >= 11 is 0. The van der Waals surface area contributed by atoms with Crippen LogP contribution in [0.5, 0.6) is 0 Å². The molecule has 0 saturated heterocycles. The Morgan fingerprint density at radius 2 is 0.788 bits per heavy atom. The fraction of sp³-hybridized carbons (Fsp3) is 0. The van der Waals surface area contributed by atoms with Crippen molar-refractivity contribution >= 4 is 71.2 Å². The predicted octanol–water partition coefficient (Wildman–Crippen LogP) is 16.0. The molecular formula is C61H39N5. The molecule has 0 saturated carbocycles. The minimum absolute atomic E-state index is 0.634. The highest BCUT2D eigenvalue weighted by Crippen LogP contribution is 2.46. The Bertz CT molecular complexity index is 3790. The number of rotatable bonds is 8. The molecule has 0 unspecified atom stereocenters. The van der Waals surface area contributed by atoms with Crippen LogP contribution in [0.4, 0.5) is 17.1 Å². The predicted molar refractivity (Wildman–Crippen MR) is 274 cm³/mol. The van der Waals surface area contributed by atoms with Crippen molar-refractivity contribution in [2.45, 2.75) is 0 Å². The zero-order valence-electron chi connectivity index (χ0n) is 35.8. The minimum Gasteiger partial charge on any atom is -0.311 e. The molecule has 0 aliphatic heterocycles. The lowest BCUT2D eigenvalue weighted by Crippen LogP contribution is -2.09. The van der Waals surface area contributed by atoms with Crippen LogP contribution in [0.1, 0.15) is 0 Å². The highest BCUT2D eigenvalue weighted by molar-refractivity contribution is 6.34. The Hall–Kier alpha value is -8.93. The summed E-state index contributed by atoms with van der Waals surface area (Å²) < 4.78 is 2.41. The SMILES string of the molecule is c1ccc(-c2nc(-c3ccccc3)nc(-c3ccc4c(c3)c3c5ccc6ccc(-c7ccc(N(c8ccccc8)c8ccccc8)cc7)c7ccc(cc3n4-c3ccccc3)c5c67)n2)cc1. The average Bonchev–Trinajstić information content (AvgIpc) is 3.73. The summed E-state index contributed by atoms with van der Waals surface area (Å²) in [6.45, 7) is 0. The molecule has 0 N–H and O–H groups in total. The molecule has 5 nitrogen and oxygen atoms in total. The van der Waals surface area contributed by atoms with Crippen molar-refractivity contribution in [3.8, 4) is 51.0 Å². The molecule has 0 aliphatic carbocycles. The van der Waals surface area contributed by atoms with Crippen LogP contribution < -0.4 is 4.90 Å². The maximum Gasteiger partial charge on any atom is 0.164 e. The molecule has 66 heavy (non-hydrogen) atoms. The number of aromatic nitrogens is 4. The normalized spacial score (nSPS) is 11.6. The van der Waals surface area contributed by atoms with Crippen molar-refractivity contribution in [2.24, 2.45) is 0 Å². The Balaban J connectivity index is 1.01. The van der Waals surface area contributed by atoms with Gasteiger partial charge in [0.25, 0.3) is 0 Å². The summed E-state index contributed by atoms with van der Waals surface area (Å²) in [5, 5.41) is 9.78. The molecule has 13 rings (SSSR count). The van der Waals surface area contributed by atoms with Gasteiger partial charge >= 0.3 is 0 Å². The number of fused-ring (bicyclic) bond motifs is 4. The molecular weight excluding hydrogens is 803 g/mol. The molecule has 2 aromatic heterocycles. The zero-order valence-corrected chi connectivity index (χ0v) is 35.8. The molecule has 0 aliphatic rings. The quantitative estimate of drug-likeness (QED) is 0.143. The van der Waals surface area contributed by atoms with E-state index in [0.29, 0.717) is 17.5 Å². The summed E-state index contributed by atoms with van der Waals surface area (Å²) in [5.41, 5.74) is 11.9. The van der Waals surface area contributed by atoms with Gasteiger partial charge in [-0.25, -0.2) is 15.0 Å². The van der Waals surface area contributed by atoms with E-state index in [4.69, 9.17) is 15.0 Å². The van der Waals surface area contributed by atoms with Gasteiger partial charge in [0.1, 0.15) is 0 Å². The van der Waals surface area contributed by atoms with Crippen LogP contribution >= 0.6 is 0 Å². The molecule has 2 heterocycles. The van der Waals surface area contributed by atoms with Crippen molar-refractivity contribution < 1.29 is 0 Å². The van der Waals surface area contributed by atoms with Gasteiger partial charge in [-0.3, -0.25) is 0 Å². The topological polar surface area (TPSA) is 46.8 Å². The monoisotopic (exact) mass is 841 g/mol. The van der Waals surface area contributed by atoms with E-state index in [-0.39, 0.29) is 0 Å². The van der Waals surface area contributed by atoms with Crippen LogP contribution in [-0.2, 0) is 0 Å². The van der Waals surface area contributed by atoms with E-state index < -0.39 is 0 Å². The lowest BCUT2D eigenvalue weighted by molar-refractivity contribution is 1.07. The van der Waals surface area contributed by atoms with Gasteiger partial charge in [0, 0.05) is 50.2 Å². The molecule has 11 aromatic carbocycles. The van der Waals surface area contributed by atoms with Crippen LogP contribution in [0, 0.1) is 0 Å². The maximum absolute atomic E-state index is 5.13. The molecule has 0 spiro atoms. The lowest BCUT2D eigenvalue weighted by atomic mass is 9.88. The van der Waals surface area contributed by atoms with Gasteiger partial charge < -0.3 is 9.47 Å². The van der Waals surface area contributed by atoms with E-state index in [1.807, 2.05) is 36.4 Å². The number of nitrogens with zero attached hydrogens (tertiary/aromatic N) is 5. The molecule has 13 aromatic rings. The summed E-state index contributed by atoms with van der Waals surface area (Å²) in [4.78, 5) is 17.6.